The summed E-state index contributed by atoms with van der Waals surface area (Å²) >= 11 is 0. The largest absolute Gasteiger partial charge is 0.493 e. The first-order valence-electron chi connectivity index (χ1n) is 9.64. The molecule has 1 amide bonds. The maximum absolute atomic E-state index is 12.1. The lowest BCUT2D eigenvalue weighted by Gasteiger charge is -2.14. The molecular formula is C21H29N5O3. The van der Waals surface area contributed by atoms with Crippen LogP contribution in [0.25, 0.3) is 0 Å². The zero-order valence-corrected chi connectivity index (χ0v) is 17.4. The summed E-state index contributed by atoms with van der Waals surface area (Å²) in [5.74, 6) is 2.31. The number of rotatable bonds is 9. The molecule has 0 spiro atoms. The van der Waals surface area contributed by atoms with Crippen molar-refractivity contribution < 1.29 is 14.3 Å². The van der Waals surface area contributed by atoms with Crippen molar-refractivity contribution in [2.24, 2.45) is 4.99 Å². The van der Waals surface area contributed by atoms with Crippen LogP contribution in [-0.4, -0.2) is 43.7 Å². The predicted octanol–water partition coefficient (Wildman–Crippen LogP) is 3.20. The van der Waals surface area contributed by atoms with Crippen molar-refractivity contribution in [2.75, 3.05) is 37.4 Å². The van der Waals surface area contributed by atoms with Crippen LogP contribution in [0.15, 0.2) is 41.5 Å². The smallest absolute Gasteiger partial charge is 0.227 e. The van der Waals surface area contributed by atoms with E-state index in [-0.39, 0.29) is 12.3 Å². The second-order valence-electron chi connectivity index (χ2n) is 6.20. The molecule has 1 aromatic heterocycles. The zero-order valence-electron chi connectivity index (χ0n) is 17.4. The van der Waals surface area contributed by atoms with E-state index in [9.17, 15) is 4.79 Å². The van der Waals surface area contributed by atoms with E-state index in [1.165, 1.54) is 0 Å². The third-order valence-corrected chi connectivity index (χ3v) is 3.86. The Bertz CT molecular complexity index is 822. The monoisotopic (exact) mass is 399 g/mol. The molecule has 1 heterocycles. The maximum atomic E-state index is 12.1. The first kappa shape index (κ1) is 22.0. The fraction of sp³-hybridized carbons (Fsp3) is 0.381. The Kier molecular flexibility index (Phi) is 8.75. The number of guanidine groups is 1. The number of hydrogen-bond acceptors (Lipinski definition) is 5. The summed E-state index contributed by atoms with van der Waals surface area (Å²) in [5.41, 5.74) is 1.85. The third-order valence-electron chi connectivity index (χ3n) is 3.86. The first-order chi connectivity index (χ1) is 14.0. The number of carbonyl (C=O) groups excluding carboxylic acids is 1. The van der Waals surface area contributed by atoms with E-state index < -0.39 is 0 Å². The number of ether oxygens (including phenoxy) is 2. The van der Waals surface area contributed by atoms with Gasteiger partial charge in [0.15, 0.2) is 17.5 Å². The molecule has 0 saturated heterocycles. The number of pyridine rings is 1. The third kappa shape index (κ3) is 7.33. The molecule has 1 aromatic carbocycles. The Labute approximate surface area is 171 Å². The van der Waals surface area contributed by atoms with Gasteiger partial charge in [-0.3, -0.25) is 9.79 Å². The summed E-state index contributed by atoms with van der Waals surface area (Å²) < 4.78 is 10.9. The number of aliphatic imine (C=N–C) groups is 1. The highest BCUT2D eigenvalue weighted by Crippen LogP contribution is 2.30. The van der Waals surface area contributed by atoms with Gasteiger partial charge in [-0.25, -0.2) is 4.98 Å². The molecule has 0 aliphatic heterocycles. The number of anilines is 2. The second kappa shape index (κ2) is 11.5. The highest BCUT2D eigenvalue weighted by atomic mass is 16.5. The van der Waals surface area contributed by atoms with E-state index in [2.05, 4.69) is 25.9 Å². The number of nitrogens with zero attached hydrogens (tertiary/aromatic N) is 2. The molecule has 29 heavy (non-hydrogen) atoms. The van der Waals surface area contributed by atoms with Gasteiger partial charge in [-0.15, -0.1) is 0 Å². The summed E-state index contributed by atoms with van der Waals surface area (Å²) in [6.07, 6.45) is 1.96. The predicted molar refractivity (Wildman–Crippen MR) is 116 cm³/mol. The Morgan fingerprint density at radius 1 is 1.14 bits per heavy atom. The standard InChI is InChI=1S/C21H29N5O3/c1-5-22-21(25-16-8-9-17(29-6-2)18(13-16)28-4)23-12-11-20(27)26-19-10-7-15(3)14-24-19/h7-10,13-14H,5-6,11-12H2,1-4H3,(H2,22,23,25)(H,24,26,27). The zero-order chi connectivity index (χ0) is 21.1. The average Bonchev–Trinajstić information content (AvgIpc) is 2.71. The number of aryl methyl sites for hydroxylation is 1. The summed E-state index contributed by atoms with van der Waals surface area (Å²) in [6.45, 7) is 7.44. The molecule has 0 bridgehead atoms. The quantitative estimate of drug-likeness (QED) is 0.443. The fourth-order valence-corrected chi connectivity index (χ4v) is 2.48. The molecule has 0 radical (unpaired) electrons. The normalized spacial score (nSPS) is 11.0. The van der Waals surface area contributed by atoms with Gasteiger partial charge >= 0.3 is 0 Å². The van der Waals surface area contributed by atoms with Crippen LogP contribution in [0.5, 0.6) is 11.5 Å². The number of benzene rings is 1. The lowest BCUT2D eigenvalue weighted by Crippen LogP contribution is -2.31. The SMILES string of the molecule is CCNC(=NCCC(=O)Nc1ccc(C)cn1)Nc1ccc(OCC)c(OC)c1. The van der Waals surface area contributed by atoms with Crippen molar-refractivity contribution in [3.8, 4) is 11.5 Å². The number of amides is 1. The van der Waals surface area contributed by atoms with Gasteiger partial charge in [0.2, 0.25) is 5.91 Å². The van der Waals surface area contributed by atoms with Crippen LogP contribution >= 0.6 is 0 Å². The molecule has 2 rings (SSSR count). The molecule has 0 aliphatic rings. The van der Waals surface area contributed by atoms with Gasteiger partial charge in [-0.05, 0) is 44.5 Å². The molecule has 8 heteroatoms. The van der Waals surface area contributed by atoms with Crippen molar-refractivity contribution in [2.45, 2.75) is 27.2 Å². The van der Waals surface area contributed by atoms with Gasteiger partial charge in [0, 0.05) is 30.9 Å². The molecule has 0 atom stereocenters. The summed E-state index contributed by atoms with van der Waals surface area (Å²) in [5, 5.41) is 9.14. The lowest BCUT2D eigenvalue weighted by atomic mass is 10.2. The molecule has 0 fully saturated rings. The van der Waals surface area contributed by atoms with Crippen molar-refractivity contribution in [1.82, 2.24) is 10.3 Å². The van der Waals surface area contributed by atoms with Crippen LogP contribution in [0.3, 0.4) is 0 Å². The number of methoxy groups -OCH3 is 1. The highest BCUT2D eigenvalue weighted by Gasteiger charge is 2.08. The van der Waals surface area contributed by atoms with E-state index in [4.69, 9.17) is 9.47 Å². The average molecular weight is 399 g/mol. The van der Waals surface area contributed by atoms with Gasteiger partial charge in [0.05, 0.1) is 20.3 Å². The van der Waals surface area contributed by atoms with Gasteiger partial charge < -0.3 is 25.4 Å². The van der Waals surface area contributed by atoms with Crippen LogP contribution in [-0.2, 0) is 4.79 Å². The Balaban J connectivity index is 1.95. The van der Waals surface area contributed by atoms with Gasteiger partial charge in [0.25, 0.3) is 0 Å². The molecule has 0 aliphatic carbocycles. The lowest BCUT2D eigenvalue weighted by molar-refractivity contribution is -0.116. The van der Waals surface area contributed by atoms with E-state index in [1.54, 1.807) is 19.4 Å². The van der Waals surface area contributed by atoms with Gasteiger partial charge in [0.1, 0.15) is 5.82 Å². The molecule has 156 valence electrons. The van der Waals surface area contributed by atoms with Crippen LogP contribution < -0.4 is 25.4 Å². The maximum Gasteiger partial charge on any atom is 0.227 e. The van der Waals surface area contributed by atoms with Crippen LogP contribution in [0.1, 0.15) is 25.8 Å². The van der Waals surface area contributed by atoms with Crippen LogP contribution in [0.4, 0.5) is 11.5 Å². The summed E-state index contributed by atoms with van der Waals surface area (Å²) in [6, 6.07) is 9.25. The molecule has 0 unspecified atom stereocenters. The summed E-state index contributed by atoms with van der Waals surface area (Å²) in [7, 11) is 1.60. The second-order valence-corrected chi connectivity index (χ2v) is 6.20. The topological polar surface area (TPSA) is 96.9 Å². The minimum atomic E-state index is -0.135. The van der Waals surface area contributed by atoms with E-state index >= 15 is 0 Å². The Morgan fingerprint density at radius 3 is 2.62 bits per heavy atom. The Hall–Kier alpha value is -3.29. The van der Waals surface area contributed by atoms with Crippen molar-refractivity contribution in [1.29, 1.82) is 0 Å². The fourth-order valence-electron chi connectivity index (χ4n) is 2.48. The molecule has 8 nitrogen and oxygen atoms in total. The van der Waals surface area contributed by atoms with Crippen LogP contribution in [0, 0.1) is 6.92 Å². The molecular weight excluding hydrogens is 370 g/mol. The summed E-state index contributed by atoms with van der Waals surface area (Å²) in [4.78, 5) is 20.7. The minimum Gasteiger partial charge on any atom is -0.493 e. The number of aromatic nitrogens is 1. The Morgan fingerprint density at radius 2 is 1.97 bits per heavy atom. The minimum absolute atomic E-state index is 0.135. The van der Waals surface area contributed by atoms with Crippen LogP contribution in [0.2, 0.25) is 0 Å². The first-order valence-corrected chi connectivity index (χ1v) is 9.64. The number of nitrogens with one attached hydrogen (secondary N) is 3. The van der Waals surface area contributed by atoms with Gasteiger partial charge in [-0.1, -0.05) is 6.07 Å². The number of hydrogen-bond donors (Lipinski definition) is 3. The van der Waals surface area contributed by atoms with Crippen molar-refractivity contribution >= 4 is 23.4 Å². The number of carbonyl (C=O) groups is 1. The molecule has 2 aromatic rings. The van der Waals surface area contributed by atoms with E-state index in [0.717, 1.165) is 11.3 Å². The van der Waals surface area contributed by atoms with E-state index in [1.807, 2.05) is 45.0 Å². The van der Waals surface area contributed by atoms with Crippen molar-refractivity contribution in [3.63, 3.8) is 0 Å². The van der Waals surface area contributed by atoms with Gasteiger partial charge in [-0.2, -0.15) is 0 Å². The molecule has 0 saturated carbocycles. The van der Waals surface area contributed by atoms with Crippen molar-refractivity contribution in [3.05, 3.63) is 42.1 Å². The van der Waals surface area contributed by atoms with E-state index in [0.29, 0.717) is 43.0 Å². The highest BCUT2D eigenvalue weighted by molar-refractivity contribution is 5.94. The molecule has 3 N–H and O–H groups in total.